The lowest BCUT2D eigenvalue weighted by atomic mass is 10.2. The summed E-state index contributed by atoms with van der Waals surface area (Å²) in [6, 6.07) is 0.518. The number of aliphatic hydroxyl groups excluding tert-OH is 1. The Labute approximate surface area is 68.2 Å². The maximum atomic E-state index is 9.14. The van der Waals surface area contributed by atoms with Crippen molar-refractivity contribution in [2.24, 2.45) is 5.73 Å². The van der Waals surface area contributed by atoms with Crippen LogP contribution in [0.1, 0.15) is 19.8 Å². The van der Waals surface area contributed by atoms with Gasteiger partial charge in [0, 0.05) is 19.1 Å². The van der Waals surface area contributed by atoms with E-state index < -0.39 is 0 Å². The summed E-state index contributed by atoms with van der Waals surface area (Å²) in [5, 5.41) is 9.14. The van der Waals surface area contributed by atoms with Gasteiger partial charge in [-0.05, 0) is 26.3 Å². The van der Waals surface area contributed by atoms with E-state index in [2.05, 4.69) is 4.90 Å². The van der Waals surface area contributed by atoms with Crippen molar-refractivity contribution in [2.45, 2.75) is 31.9 Å². The maximum absolute atomic E-state index is 9.14. The molecule has 1 saturated heterocycles. The highest BCUT2D eigenvalue weighted by Crippen LogP contribution is 2.15. The van der Waals surface area contributed by atoms with Gasteiger partial charge in [-0.1, -0.05) is 0 Å². The summed E-state index contributed by atoms with van der Waals surface area (Å²) in [5.74, 6) is 0. The van der Waals surface area contributed by atoms with Crippen LogP contribution in [0.2, 0.25) is 0 Å². The molecule has 2 atom stereocenters. The molecule has 11 heavy (non-hydrogen) atoms. The highest BCUT2D eigenvalue weighted by atomic mass is 16.3. The quantitative estimate of drug-likeness (QED) is 0.597. The summed E-state index contributed by atoms with van der Waals surface area (Å²) in [4.78, 5) is 2.28. The molecular formula is C8H18N2O. The SMILES string of the molecule is CC(O)CN1CCCC1CN. The Bertz CT molecular complexity index is 117. The van der Waals surface area contributed by atoms with Gasteiger partial charge in [-0.15, -0.1) is 0 Å². The zero-order valence-corrected chi connectivity index (χ0v) is 7.16. The number of nitrogens with two attached hydrogens (primary N) is 1. The Morgan fingerprint density at radius 3 is 3.00 bits per heavy atom. The van der Waals surface area contributed by atoms with Gasteiger partial charge in [-0.3, -0.25) is 4.90 Å². The average molecular weight is 158 g/mol. The van der Waals surface area contributed by atoms with Crippen LogP contribution >= 0.6 is 0 Å². The first-order valence-electron chi connectivity index (χ1n) is 4.36. The van der Waals surface area contributed by atoms with E-state index in [0.717, 1.165) is 19.6 Å². The Morgan fingerprint density at radius 1 is 1.73 bits per heavy atom. The van der Waals surface area contributed by atoms with E-state index in [1.807, 2.05) is 6.92 Å². The van der Waals surface area contributed by atoms with Crippen LogP contribution in [0.3, 0.4) is 0 Å². The molecule has 0 saturated carbocycles. The molecular weight excluding hydrogens is 140 g/mol. The van der Waals surface area contributed by atoms with Gasteiger partial charge in [0.2, 0.25) is 0 Å². The smallest absolute Gasteiger partial charge is 0.0639 e. The van der Waals surface area contributed by atoms with E-state index in [0.29, 0.717) is 6.04 Å². The van der Waals surface area contributed by atoms with Crippen LogP contribution in [0.15, 0.2) is 0 Å². The van der Waals surface area contributed by atoms with Crippen molar-refractivity contribution >= 4 is 0 Å². The molecule has 2 unspecified atom stereocenters. The Balaban J connectivity index is 2.31. The standard InChI is InChI=1S/C8H18N2O/c1-7(11)6-10-4-2-3-8(10)5-9/h7-8,11H,2-6,9H2,1H3. The number of nitrogens with zero attached hydrogens (tertiary/aromatic N) is 1. The van der Waals surface area contributed by atoms with Crippen molar-refractivity contribution in [2.75, 3.05) is 19.6 Å². The zero-order valence-electron chi connectivity index (χ0n) is 7.16. The minimum atomic E-state index is -0.220. The van der Waals surface area contributed by atoms with Crippen LogP contribution < -0.4 is 5.73 Å². The molecule has 0 aromatic rings. The third-order valence-corrected chi connectivity index (χ3v) is 2.27. The molecule has 3 N–H and O–H groups in total. The zero-order chi connectivity index (χ0) is 8.27. The summed E-state index contributed by atoms with van der Waals surface area (Å²) >= 11 is 0. The molecule has 3 nitrogen and oxygen atoms in total. The van der Waals surface area contributed by atoms with Gasteiger partial charge >= 0.3 is 0 Å². The molecule has 1 fully saturated rings. The van der Waals surface area contributed by atoms with E-state index >= 15 is 0 Å². The third-order valence-electron chi connectivity index (χ3n) is 2.27. The second-order valence-electron chi connectivity index (χ2n) is 3.38. The molecule has 1 aliphatic heterocycles. The first-order chi connectivity index (χ1) is 5.24. The Hall–Kier alpha value is -0.120. The predicted molar refractivity (Wildman–Crippen MR) is 45.3 cm³/mol. The van der Waals surface area contributed by atoms with Crippen molar-refractivity contribution in [3.05, 3.63) is 0 Å². The first-order valence-corrected chi connectivity index (χ1v) is 4.36. The lowest BCUT2D eigenvalue weighted by Gasteiger charge is -2.24. The van der Waals surface area contributed by atoms with Crippen molar-refractivity contribution in [1.29, 1.82) is 0 Å². The molecule has 66 valence electrons. The van der Waals surface area contributed by atoms with Gasteiger partial charge in [-0.25, -0.2) is 0 Å². The number of likely N-dealkylation sites (tertiary alicyclic amines) is 1. The van der Waals surface area contributed by atoms with Gasteiger partial charge in [0.1, 0.15) is 0 Å². The fraction of sp³-hybridized carbons (Fsp3) is 1.00. The number of β-amino-alcohol motifs (C(OH)–C–C–N with tert-alkyl or cyclic N) is 1. The fourth-order valence-corrected chi connectivity index (χ4v) is 1.74. The first kappa shape index (κ1) is 8.97. The number of aliphatic hydroxyl groups is 1. The fourth-order valence-electron chi connectivity index (χ4n) is 1.74. The highest BCUT2D eigenvalue weighted by Gasteiger charge is 2.23. The van der Waals surface area contributed by atoms with E-state index in [1.54, 1.807) is 0 Å². The lowest BCUT2D eigenvalue weighted by molar-refractivity contribution is 0.121. The Morgan fingerprint density at radius 2 is 2.45 bits per heavy atom. The van der Waals surface area contributed by atoms with Gasteiger partial charge in [0.05, 0.1) is 6.10 Å². The van der Waals surface area contributed by atoms with Gasteiger partial charge in [0.15, 0.2) is 0 Å². The van der Waals surface area contributed by atoms with Crippen LogP contribution in [-0.4, -0.2) is 41.8 Å². The van der Waals surface area contributed by atoms with Crippen molar-refractivity contribution in [3.8, 4) is 0 Å². The topological polar surface area (TPSA) is 49.5 Å². The van der Waals surface area contributed by atoms with E-state index in [9.17, 15) is 0 Å². The normalized spacial score (nSPS) is 29.2. The highest BCUT2D eigenvalue weighted by molar-refractivity contribution is 4.80. The molecule has 1 rings (SSSR count). The molecule has 0 radical (unpaired) electrons. The molecule has 0 aliphatic carbocycles. The van der Waals surface area contributed by atoms with E-state index in [4.69, 9.17) is 10.8 Å². The molecule has 0 bridgehead atoms. The van der Waals surface area contributed by atoms with Gasteiger partial charge in [0.25, 0.3) is 0 Å². The summed E-state index contributed by atoms with van der Waals surface area (Å²) in [6.45, 7) is 4.44. The molecule has 0 spiro atoms. The molecule has 1 aliphatic rings. The molecule has 0 aromatic carbocycles. The largest absolute Gasteiger partial charge is 0.392 e. The van der Waals surface area contributed by atoms with E-state index in [1.165, 1.54) is 12.8 Å². The van der Waals surface area contributed by atoms with Gasteiger partial charge in [-0.2, -0.15) is 0 Å². The third kappa shape index (κ3) is 2.43. The van der Waals surface area contributed by atoms with E-state index in [-0.39, 0.29) is 6.10 Å². The second kappa shape index (κ2) is 4.04. The Kier molecular flexibility index (Phi) is 3.30. The molecule has 0 aromatic heterocycles. The average Bonchev–Trinajstić information content (AvgIpc) is 2.34. The summed E-state index contributed by atoms with van der Waals surface area (Å²) in [6.07, 6.45) is 2.21. The van der Waals surface area contributed by atoms with Crippen molar-refractivity contribution in [1.82, 2.24) is 4.90 Å². The maximum Gasteiger partial charge on any atom is 0.0639 e. The predicted octanol–water partition coefficient (Wildman–Crippen LogP) is -0.210. The summed E-state index contributed by atoms with van der Waals surface area (Å²) in [7, 11) is 0. The molecule has 0 amide bonds. The summed E-state index contributed by atoms with van der Waals surface area (Å²) < 4.78 is 0. The van der Waals surface area contributed by atoms with Crippen LogP contribution in [0, 0.1) is 0 Å². The van der Waals surface area contributed by atoms with Crippen LogP contribution in [-0.2, 0) is 0 Å². The minimum Gasteiger partial charge on any atom is -0.392 e. The number of hydrogen-bond donors (Lipinski definition) is 2. The monoisotopic (exact) mass is 158 g/mol. The van der Waals surface area contributed by atoms with Crippen LogP contribution in [0.25, 0.3) is 0 Å². The minimum absolute atomic E-state index is 0.220. The van der Waals surface area contributed by atoms with Gasteiger partial charge < -0.3 is 10.8 Å². The van der Waals surface area contributed by atoms with Crippen LogP contribution in [0.5, 0.6) is 0 Å². The number of rotatable bonds is 3. The lowest BCUT2D eigenvalue weighted by Crippen LogP contribution is -2.39. The second-order valence-corrected chi connectivity index (χ2v) is 3.38. The molecule has 3 heteroatoms. The molecule has 1 heterocycles. The van der Waals surface area contributed by atoms with Crippen molar-refractivity contribution in [3.63, 3.8) is 0 Å². The number of hydrogen-bond acceptors (Lipinski definition) is 3. The van der Waals surface area contributed by atoms with Crippen molar-refractivity contribution < 1.29 is 5.11 Å². The van der Waals surface area contributed by atoms with Crippen LogP contribution in [0.4, 0.5) is 0 Å². The summed E-state index contributed by atoms with van der Waals surface area (Å²) in [5.41, 5.74) is 5.58.